The second-order valence-electron chi connectivity index (χ2n) is 5.03. The summed E-state index contributed by atoms with van der Waals surface area (Å²) in [5.41, 5.74) is 1.97. The lowest BCUT2D eigenvalue weighted by Crippen LogP contribution is -2.34. The SMILES string of the molecule is CCNC(CCc1ccc(F)c(C)c1)C(C)C. The van der Waals surface area contributed by atoms with Gasteiger partial charge >= 0.3 is 0 Å². The summed E-state index contributed by atoms with van der Waals surface area (Å²) >= 11 is 0. The number of halogens is 1. The molecule has 1 unspecified atom stereocenters. The molecule has 0 saturated heterocycles. The van der Waals surface area contributed by atoms with Crippen molar-refractivity contribution in [2.45, 2.75) is 46.6 Å². The average Bonchev–Trinajstić information content (AvgIpc) is 2.28. The predicted molar refractivity (Wildman–Crippen MR) is 71.8 cm³/mol. The minimum Gasteiger partial charge on any atom is -0.314 e. The van der Waals surface area contributed by atoms with Crippen molar-refractivity contribution < 1.29 is 4.39 Å². The van der Waals surface area contributed by atoms with Crippen LogP contribution in [0.5, 0.6) is 0 Å². The van der Waals surface area contributed by atoms with Crippen molar-refractivity contribution in [3.63, 3.8) is 0 Å². The van der Waals surface area contributed by atoms with Gasteiger partial charge < -0.3 is 5.32 Å². The molecule has 0 aliphatic carbocycles. The van der Waals surface area contributed by atoms with Crippen LogP contribution in [0.3, 0.4) is 0 Å². The number of aryl methyl sites for hydroxylation is 2. The molecule has 0 bridgehead atoms. The monoisotopic (exact) mass is 237 g/mol. The van der Waals surface area contributed by atoms with E-state index in [-0.39, 0.29) is 5.82 Å². The largest absolute Gasteiger partial charge is 0.314 e. The number of benzene rings is 1. The molecule has 1 N–H and O–H groups in total. The highest BCUT2D eigenvalue weighted by atomic mass is 19.1. The highest BCUT2D eigenvalue weighted by Gasteiger charge is 2.11. The summed E-state index contributed by atoms with van der Waals surface area (Å²) in [5.74, 6) is 0.525. The number of nitrogens with one attached hydrogen (secondary N) is 1. The third-order valence-corrected chi connectivity index (χ3v) is 3.24. The van der Waals surface area contributed by atoms with Crippen LogP contribution in [-0.4, -0.2) is 12.6 Å². The van der Waals surface area contributed by atoms with Crippen LogP contribution in [0.1, 0.15) is 38.3 Å². The summed E-state index contributed by atoms with van der Waals surface area (Å²) in [6.45, 7) is 9.44. The number of rotatable bonds is 6. The summed E-state index contributed by atoms with van der Waals surface area (Å²) in [5, 5.41) is 3.50. The lowest BCUT2D eigenvalue weighted by atomic mass is 9.96. The summed E-state index contributed by atoms with van der Waals surface area (Å²) < 4.78 is 13.1. The summed E-state index contributed by atoms with van der Waals surface area (Å²) in [6, 6.07) is 5.97. The van der Waals surface area contributed by atoms with Crippen molar-refractivity contribution in [1.29, 1.82) is 0 Å². The van der Waals surface area contributed by atoms with Gasteiger partial charge in [0, 0.05) is 6.04 Å². The van der Waals surface area contributed by atoms with Gasteiger partial charge in [0.1, 0.15) is 5.82 Å². The van der Waals surface area contributed by atoms with Crippen LogP contribution in [0.2, 0.25) is 0 Å². The molecule has 0 saturated carbocycles. The third kappa shape index (κ3) is 4.47. The van der Waals surface area contributed by atoms with Crippen molar-refractivity contribution in [1.82, 2.24) is 5.32 Å². The second-order valence-corrected chi connectivity index (χ2v) is 5.03. The molecular formula is C15H24FN. The van der Waals surface area contributed by atoms with Gasteiger partial charge in [-0.2, -0.15) is 0 Å². The Balaban J connectivity index is 2.56. The third-order valence-electron chi connectivity index (χ3n) is 3.24. The van der Waals surface area contributed by atoms with Crippen molar-refractivity contribution in [2.24, 2.45) is 5.92 Å². The maximum atomic E-state index is 13.1. The van der Waals surface area contributed by atoms with Gasteiger partial charge in [0.2, 0.25) is 0 Å². The fourth-order valence-electron chi connectivity index (χ4n) is 2.12. The molecule has 1 rings (SSSR count). The zero-order valence-corrected chi connectivity index (χ0v) is 11.4. The van der Waals surface area contributed by atoms with Gasteiger partial charge in [-0.05, 0) is 49.4 Å². The van der Waals surface area contributed by atoms with Gasteiger partial charge in [0.15, 0.2) is 0 Å². The van der Waals surface area contributed by atoms with Crippen molar-refractivity contribution in [3.05, 3.63) is 35.1 Å². The molecule has 1 atom stereocenters. The predicted octanol–water partition coefficient (Wildman–Crippen LogP) is 3.70. The molecule has 0 heterocycles. The Morgan fingerprint density at radius 1 is 1.29 bits per heavy atom. The van der Waals surface area contributed by atoms with E-state index in [2.05, 4.69) is 26.1 Å². The Morgan fingerprint density at radius 2 is 2.00 bits per heavy atom. The number of hydrogen-bond donors (Lipinski definition) is 1. The maximum absolute atomic E-state index is 13.1. The molecule has 1 nitrogen and oxygen atoms in total. The topological polar surface area (TPSA) is 12.0 Å². The number of hydrogen-bond acceptors (Lipinski definition) is 1. The molecule has 2 heteroatoms. The first kappa shape index (κ1) is 14.2. The van der Waals surface area contributed by atoms with E-state index in [1.807, 2.05) is 19.1 Å². The van der Waals surface area contributed by atoms with Gasteiger partial charge in [-0.15, -0.1) is 0 Å². The Hall–Kier alpha value is -0.890. The van der Waals surface area contributed by atoms with Crippen LogP contribution in [0.15, 0.2) is 18.2 Å². The summed E-state index contributed by atoms with van der Waals surface area (Å²) in [6.07, 6.45) is 2.12. The highest BCUT2D eigenvalue weighted by Crippen LogP contribution is 2.14. The molecule has 0 aromatic heterocycles. The van der Waals surface area contributed by atoms with Gasteiger partial charge in [-0.1, -0.05) is 32.9 Å². The zero-order chi connectivity index (χ0) is 12.8. The van der Waals surface area contributed by atoms with E-state index < -0.39 is 0 Å². The molecule has 0 fully saturated rings. The second kappa shape index (κ2) is 6.75. The summed E-state index contributed by atoms with van der Waals surface area (Å²) in [4.78, 5) is 0. The normalized spacial score (nSPS) is 13.1. The van der Waals surface area contributed by atoms with Crippen LogP contribution >= 0.6 is 0 Å². The molecular weight excluding hydrogens is 213 g/mol. The molecule has 17 heavy (non-hydrogen) atoms. The minimum atomic E-state index is -0.110. The molecule has 1 aromatic rings. The van der Waals surface area contributed by atoms with Crippen molar-refractivity contribution in [3.8, 4) is 0 Å². The molecule has 1 aromatic carbocycles. The lowest BCUT2D eigenvalue weighted by Gasteiger charge is -2.21. The van der Waals surface area contributed by atoms with E-state index in [0.717, 1.165) is 24.9 Å². The van der Waals surface area contributed by atoms with E-state index >= 15 is 0 Å². The van der Waals surface area contributed by atoms with Crippen LogP contribution in [-0.2, 0) is 6.42 Å². The van der Waals surface area contributed by atoms with Crippen LogP contribution in [0.25, 0.3) is 0 Å². The van der Waals surface area contributed by atoms with E-state index in [1.165, 1.54) is 5.56 Å². The summed E-state index contributed by atoms with van der Waals surface area (Å²) in [7, 11) is 0. The molecule has 0 aliphatic heterocycles. The first-order chi connectivity index (χ1) is 8.04. The van der Waals surface area contributed by atoms with Gasteiger partial charge in [-0.3, -0.25) is 0 Å². The van der Waals surface area contributed by atoms with E-state index in [0.29, 0.717) is 12.0 Å². The van der Waals surface area contributed by atoms with Crippen molar-refractivity contribution >= 4 is 0 Å². The Bertz CT molecular complexity index is 347. The van der Waals surface area contributed by atoms with E-state index in [9.17, 15) is 4.39 Å². The molecule has 0 spiro atoms. The van der Waals surface area contributed by atoms with Crippen LogP contribution in [0.4, 0.5) is 4.39 Å². The first-order valence-corrected chi connectivity index (χ1v) is 6.53. The lowest BCUT2D eigenvalue weighted by molar-refractivity contribution is 0.385. The molecule has 96 valence electrons. The standard InChI is InChI=1S/C15H24FN/c1-5-17-15(11(2)3)9-7-13-6-8-14(16)12(4)10-13/h6,8,10-11,15,17H,5,7,9H2,1-4H3. The Morgan fingerprint density at radius 3 is 2.53 bits per heavy atom. The van der Waals surface area contributed by atoms with E-state index in [4.69, 9.17) is 0 Å². The Labute approximate surface area is 104 Å². The fourth-order valence-corrected chi connectivity index (χ4v) is 2.12. The Kier molecular flexibility index (Phi) is 5.63. The molecule has 0 radical (unpaired) electrons. The first-order valence-electron chi connectivity index (χ1n) is 6.53. The average molecular weight is 237 g/mol. The minimum absolute atomic E-state index is 0.110. The zero-order valence-electron chi connectivity index (χ0n) is 11.4. The maximum Gasteiger partial charge on any atom is 0.126 e. The smallest absolute Gasteiger partial charge is 0.126 e. The highest BCUT2D eigenvalue weighted by molar-refractivity contribution is 5.24. The molecule has 0 aliphatic rings. The van der Waals surface area contributed by atoms with Crippen molar-refractivity contribution in [2.75, 3.05) is 6.54 Å². The van der Waals surface area contributed by atoms with Gasteiger partial charge in [-0.25, -0.2) is 4.39 Å². The quantitative estimate of drug-likeness (QED) is 0.795. The van der Waals surface area contributed by atoms with E-state index in [1.54, 1.807) is 6.07 Å². The fraction of sp³-hybridized carbons (Fsp3) is 0.600. The van der Waals surface area contributed by atoms with Crippen LogP contribution < -0.4 is 5.32 Å². The van der Waals surface area contributed by atoms with Crippen LogP contribution in [0, 0.1) is 18.7 Å². The van der Waals surface area contributed by atoms with Gasteiger partial charge in [0.05, 0.1) is 0 Å². The molecule has 0 amide bonds. The van der Waals surface area contributed by atoms with Gasteiger partial charge in [0.25, 0.3) is 0 Å².